The molecule has 0 saturated heterocycles. The molecule has 1 heterocycles. The number of nitrogen functional groups attached to an aromatic ring is 1. The molecular formula is C13H13F4N3O. The van der Waals surface area contributed by atoms with Gasteiger partial charge in [0, 0.05) is 18.3 Å². The molecule has 2 aromatic rings. The summed E-state index contributed by atoms with van der Waals surface area (Å²) in [5, 5.41) is 3.40. The molecule has 0 aliphatic carbocycles. The van der Waals surface area contributed by atoms with Crippen molar-refractivity contribution in [2.45, 2.75) is 26.1 Å². The summed E-state index contributed by atoms with van der Waals surface area (Å²) in [7, 11) is 0. The largest absolute Gasteiger partial charge is 0.488 e. The van der Waals surface area contributed by atoms with E-state index in [1.807, 2.05) is 0 Å². The fraction of sp³-hybridized carbons (Fsp3) is 0.308. The van der Waals surface area contributed by atoms with Gasteiger partial charge in [-0.05, 0) is 19.9 Å². The van der Waals surface area contributed by atoms with Crippen molar-refractivity contribution in [3.63, 3.8) is 0 Å². The van der Waals surface area contributed by atoms with Crippen LogP contribution < -0.4 is 10.5 Å². The second-order valence-electron chi connectivity index (χ2n) is 4.65. The number of nitrogens with zero attached hydrogens (tertiary/aromatic N) is 2. The maximum absolute atomic E-state index is 13.7. The van der Waals surface area contributed by atoms with Crippen molar-refractivity contribution in [3.8, 4) is 11.4 Å². The van der Waals surface area contributed by atoms with E-state index in [-0.39, 0.29) is 23.2 Å². The third-order valence-corrected chi connectivity index (χ3v) is 2.57. The van der Waals surface area contributed by atoms with Crippen molar-refractivity contribution in [2.75, 3.05) is 5.73 Å². The number of nitrogens with two attached hydrogens (primary N) is 1. The number of ether oxygens (including phenoxy) is 1. The molecule has 1 aromatic heterocycles. The highest BCUT2D eigenvalue weighted by Crippen LogP contribution is 2.31. The normalized spacial score (nSPS) is 12.0. The van der Waals surface area contributed by atoms with Crippen LogP contribution in [0.25, 0.3) is 5.69 Å². The number of anilines is 1. The van der Waals surface area contributed by atoms with Gasteiger partial charge in [0.1, 0.15) is 0 Å². The first-order chi connectivity index (χ1) is 9.68. The first kappa shape index (κ1) is 15.1. The van der Waals surface area contributed by atoms with Gasteiger partial charge in [-0.1, -0.05) is 0 Å². The van der Waals surface area contributed by atoms with E-state index in [1.54, 1.807) is 13.8 Å². The van der Waals surface area contributed by atoms with E-state index in [1.165, 1.54) is 6.07 Å². The van der Waals surface area contributed by atoms with E-state index >= 15 is 0 Å². The fourth-order valence-corrected chi connectivity index (χ4v) is 1.71. The van der Waals surface area contributed by atoms with Gasteiger partial charge in [-0.2, -0.15) is 18.3 Å². The van der Waals surface area contributed by atoms with Gasteiger partial charge in [0.25, 0.3) is 0 Å². The second kappa shape index (κ2) is 5.27. The SMILES string of the molecule is CC(C)Oc1cc(-n2ccc(C(F)(F)F)n2)c(N)cc1F. The van der Waals surface area contributed by atoms with Crippen LogP contribution in [0, 0.1) is 5.82 Å². The van der Waals surface area contributed by atoms with Gasteiger partial charge in [0.05, 0.1) is 17.5 Å². The van der Waals surface area contributed by atoms with Gasteiger partial charge >= 0.3 is 6.18 Å². The summed E-state index contributed by atoms with van der Waals surface area (Å²) >= 11 is 0. The highest BCUT2D eigenvalue weighted by molar-refractivity contribution is 5.60. The monoisotopic (exact) mass is 303 g/mol. The van der Waals surface area contributed by atoms with Gasteiger partial charge in [0.2, 0.25) is 0 Å². The van der Waals surface area contributed by atoms with Crippen molar-refractivity contribution in [3.05, 3.63) is 35.9 Å². The van der Waals surface area contributed by atoms with Crippen molar-refractivity contribution in [1.29, 1.82) is 0 Å². The van der Waals surface area contributed by atoms with E-state index < -0.39 is 17.7 Å². The molecule has 0 atom stereocenters. The average molecular weight is 303 g/mol. The molecule has 0 radical (unpaired) electrons. The summed E-state index contributed by atoms with van der Waals surface area (Å²) in [5.74, 6) is -0.786. The van der Waals surface area contributed by atoms with Gasteiger partial charge < -0.3 is 10.5 Å². The van der Waals surface area contributed by atoms with Crippen molar-refractivity contribution in [1.82, 2.24) is 9.78 Å². The Hall–Kier alpha value is -2.25. The molecule has 0 amide bonds. The summed E-state index contributed by atoms with van der Waals surface area (Å²) in [6.07, 6.45) is -3.75. The van der Waals surface area contributed by atoms with E-state index in [0.717, 1.165) is 23.0 Å². The first-order valence-electron chi connectivity index (χ1n) is 6.07. The maximum atomic E-state index is 13.7. The molecule has 0 fully saturated rings. The van der Waals surface area contributed by atoms with Crippen LogP contribution in [0.3, 0.4) is 0 Å². The highest BCUT2D eigenvalue weighted by Gasteiger charge is 2.33. The summed E-state index contributed by atoms with van der Waals surface area (Å²) in [6.45, 7) is 3.40. The molecule has 0 saturated carbocycles. The Bertz CT molecular complexity index is 649. The predicted molar refractivity (Wildman–Crippen MR) is 68.7 cm³/mol. The summed E-state index contributed by atoms with van der Waals surface area (Å²) in [5.41, 5.74) is 4.65. The molecule has 4 nitrogen and oxygen atoms in total. The molecule has 2 N–H and O–H groups in total. The molecule has 0 aliphatic rings. The van der Waals surface area contributed by atoms with Gasteiger partial charge in [-0.25, -0.2) is 9.07 Å². The molecule has 0 unspecified atom stereocenters. The lowest BCUT2D eigenvalue weighted by Crippen LogP contribution is -2.10. The lowest BCUT2D eigenvalue weighted by atomic mass is 10.2. The number of rotatable bonds is 3. The minimum atomic E-state index is -4.56. The number of alkyl halides is 3. The first-order valence-corrected chi connectivity index (χ1v) is 6.07. The van der Waals surface area contributed by atoms with Gasteiger partial charge in [-0.15, -0.1) is 0 Å². The van der Waals surface area contributed by atoms with Crippen LogP contribution in [0.5, 0.6) is 5.75 Å². The lowest BCUT2D eigenvalue weighted by molar-refractivity contribution is -0.141. The van der Waals surface area contributed by atoms with E-state index in [2.05, 4.69) is 5.10 Å². The van der Waals surface area contributed by atoms with Crippen molar-refractivity contribution >= 4 is 5.69 Å². The Morgan fingerprint density at radius 3 is 2.48 bits per heavy atom. The second-order valence-corrected chi connectivity index (χ2v) is 4.65. The molecule has 21 heavy (non-hydrogen) atoms. The van der Waals surface area contributed by atoms with Crippen LogP contribution in [0.15, 0.2) is 24.4 Å². The zero-order chi connectivity index (χ0) is 15.8. The zero-order valence-electron chi connectivity index (χ0n) is 11.3. The van der Waals surface area contributed by atoms with Gasteiger partial charge in [-0.3, -0.25) is 0 Å². The third kappa shape index (κ3) is 3.26. The topological polar surface area (TPSA) is 53.1 Å². The van der Waals surface area contributed by atoms with Crippen molar-refractivity contribution < 1.29 is 22.3 Å². The van der Waals surface area contributed by atoms with Crippen LogP contribution in [-0.4, -0.2) is 15.9 Å². The van der Waals surface area contributed by atoms with Crippen LogP contribution in [0.2, 0.25) is 0 Å². The van der Waals surface area contributed by atoms with E-state index in [4.69, 9.17) is 10.5 Å². The lowest BCUT2D eigenvalue weighted by Gasteiger charge is -2.14. The van der Waals surface area contributed by atoms with E-state index in [9.17, 15) is 17.6 Å². The van der Waals surface area contributed by atoms with Crippen LogP contribution in [-0.2, 0) is 6.18 Å². The van der Waals surface area contributed by atoms with E-state index in [0.29, 0.717) is 0 Å². The quantitative estimate of drug-likeness (QED) is 0.698. The number of aromatic nitrogens is 2. The number of hydrogen-bond donors (Lipinski definition) is 1. The van der Waals surface area contributed by atoms with Crippen LogP contribution >= 0.6 is 0 Å². The fourth-order valence-electron chi connectivity index (χ4n) is 1.71. The Balaban J connectivity index is 2.46. The number of benzene rings is 1. The third-order valence-electron chi connectivity index (χ3n) is 2.57. The Labute approximate surface area is 118 Å². The molecule has 1 aromatic carbocycles. The molecule has 114 valence electrons. The summed E-state index contributed by atoms with van der Waals surface area (Å²) in [6, 6.07) is 3.02. The Morgan fingerprint density at radius 1 is 1.29 bits per heavy atom. The molecule has 0 aliphatic heterocycles. The standard InChI is InChI=1S/C13H13F4N3O/c1-7(2)21-11-6-10(9(18)5-8(11)14)20-4-3-12(19-20)13(15,16)17/h3-7H,18H2,1-2H3. The molecule has 0 bridgehead atoms. The zero-order valence-corrected chi connectivity index (χ0v) is 11.3. The molecule has 8 heteroatoms. The number of hydrogen-bond acceptors (Lipinski definition) is 3. The van der Waals surface area contributed by atoms with Crippen molar-refractivity contribution in [2.24, 2.45) is 0 Å². The summed E-state index contributed by atoms with van der Waals surface area (Å²) < 4.78 is 57.5. The van der Waals surface area contributed by atoms with Gasteiger partial charge in [0.15, 0.2) is 17.3 Å². The number of halogens is 4. The van der Waals surface area contributed by atoms with Crippen LogP contribution in [0.1, 0.15) is 19.5 Å². The minimum Gasteiger partial charge on any atom is -0.488 e. The maximum Gasteiger partial charge on any atom is 0.435 e. The average Bonchev–Trinajstić information content (AvgIpc) is 2.81. The predicted octanol–water partition coefficient (Wildman–Crippen LogP) is 3.40. The van der Waals surface area contributed by atoms with Crippen LogP contribution in [0.4, 0.5) is 23.2 Å². The molecule has 0 spiro atoms. The molecular weight excluding hydrogens is 290 g/mol. The smallest absolute Gasteiger partial charge is 0.435 e. The Morgan fingerprint density at radius 2 is 1.95 bits per heavy atom. The minimum absolute atomic E-state index is 0.0413. The Kier molecular flexibility index (Phi) is 3.80. The highest BCUT2D eigenvalue weighted by atomic mass is 19.4. The summed E-state index contributed by atoms with van der Waals surface area (Å²) in [4.78, 5) is 0. The molecule has 2 rings (SSSR count).